The summed E-state index contributed by atoms with van der Waals surface area (Å²) in [6, 6.07) is 25.1. The molecule has 6 rings (SSSR count). The predicted molar refractivity (Wildman–Crippen MR) is 158 cm³/mol. The zero-order chi connectivity index (χ0) is 26.8. The molecule has 5 heteroatoms. The van der Waals surface area contributed by atoms with Crippen LogP contribution in [0.2, 0.25) is 0 Å². The zero-order valence-corrected chi connectivity index (χ0v) is 23.1. The molecule has 0 radical (unpaired) electrons. The van der Waals surface area contributed by atoms with Crippen LogP contribution in [0.1, 0.15) is 85.6 Å². The molecule has 5 nitrogen and oxygen atoms in total. The van der Waals surface area contributed by atoms with Gasteiger partial charge >= 0.3 is 0 Å². The van der Waals surface area contributed by atoms with Crippen LogP contribution in [-0.4, -0.2) is 29.0 Å². The fraction of sp³-hybridized carbons (Fsp3) is 0.382. The number of anilines is 1. The molecule has 1 aliphatic heterocycles. The molecule has 4 aromatic rings. The molecule has 1 saturated heterocycles. The van der Waals surface area contributed by atoms with Crippen molar-refractivity contribution in [1.29, 1.82) is 0 Å². The first kappa shape index (κ1) is 25.5. The van der Waals surface area contributed by atoms with Crippen LogP contribution in [0.5, 0.6) is 0 Å². The lowest BCUT2D eigenvalue weighted by molar-refractivity contribution is 0.0937. The van der Waals surface area contributed by atoms with Crippen LogP contribution in [0.4, 0.5) is 5.95 Å². The predicted octanol–water partition coefficient (Wildman–Crippen LogP) is 7.22. The zero-order valence-electron chi connectivity index (χ0n) is 23.1. The van der Waals surface area contributed by atoms with Gasteiger partial charge in [-0.25, -0.2) is 9.97 Å². The summed E-state index contributed by atoms with van der Waals surface area (Å²) in [5.41, 5.74) is 3.56. The van der Waals surface area contributed by atoms with Gasteiger partial charge in [-0.15, -0.1) is 0 Å². The minimum absolute atomic E-state index is 0.105. The first-order chi connectivity index (χ1) is 19.0. The van der Waals surface area contributed by atoms with Gasteiger partial charge in [0, 0.05) is 24.7 Å². The van der Waals surface area contributed by atoms with Gasteiger partial charge in [0.1, 0.15) is 0 Å². The quantitative estimate of drug-likeness (QED) is 0.293. The standard InChI is InChI=1S/C34H38N4O/c1-24-12-11-21-38(23-24)33-35-22-30(31(37-33)34(19-8-9-20-34)27-15-4-3-5-16-27)32(39)36-25(2)28-18-10-14-26-13-6-7-17-29(26)28/h3-7,10,13-18,22,24-25H,8-9,11-12,19-21,23H2,1-2H3,(H,36,39). The maximum absolute atomic E-state index is 14.1. The summed E-state index contributed by atoms with van der Waals surface area (Å²) in [6.45, 7) is 6.28. The Morgan fingerprint density at radius 1 is 0.974 bits per heavy atom. The minimum Gasteiger partial charge on any atom is -0.345 e. The van der Waals surface area contributed by atoms with Gasteiger partial charge in [0.05, 0.1) is 17.3 Å². The van der Waals surface area contributed by atoms with Gasteiger partial charge in [-0.05, 0) is 60.4 Å². The van der Waals surface area contributed by atoms with Crippen molar-refractivity contribution in [3.8, 4) is 0 Å². The third-order valence-electron chi connectivity index (χ3n) is 8.83. The smallest absolute Gasteiger partial charge is 0.255 e. The van der Waals surface area contributed by atoms with Gasteiger partial charge < -0.3 is 10.2 Å². The lowest BCUT2D eigenvalue weighted by Crippen LogP contribution is -2.38. The van der Waals surface area contributed by atoms with E-state index < -0.39 is 0 Å². The fourth-order valence-electron chi connectivity index (χ4n) is 6.81. The van der Waals surface area contributed by atoms with Crippen molar-refractivity contribution in [2.24, 2.45) is 5.92 Å². The Kier molecular flexibility index (Phi) is 7.07. The molecule has 1 amide bonds. The largest absolute Gasteiger partial charge is 0.345 e. The van der Waals surface area contributed by atoms with Gasteiger partial charge in [0.25, 0.3) is 5.91 Å². The van der Waals surface area contributed by atoms with Crippen molar-refractivity contribution >= 4 is 22.6 Å². The molecule has 200 valence electrons. The van der Waals surface area contributed by atoms with Crippen LogP contribution >= 0.6 is 0 Å². The number of hydrogen-bond donors (Lipinski definition) is 1. The molecule has 2 heterocycles. The van der Waals surface area contributed by atoms with Crippen LogP contribution < -0.4 is 10.2 Å². The van der Waals surface area contributed by atoms with E-state index in [0.717, 1.165) is 67.8 Å². The molecule has 1 saturated carbocycles. The molecule has 0 bridgehead atoms. The van der Waals surface area contributed by atoms with E-state index in [1.165, 1.54) is 17.4 Å². The Morgan fingerprint density at radius 2 is 1.72 bits per heavy atom. The van der Waals surface area contributed by atoms with E-state index in [1.807, 2.05) is 6.07 Å². The van der Waals surface area contributed by atoms with Crippen LogP contribution in [0, 0.1) is 5.92 Å². The van der Waals surface area contributed by atoms with E-state index >= 15 is 0 Å². The Hall–Kier alpha value is -3.73. The lowest BCUT2D eigenvalue weighted by Gasteiger charge is -2.34. The van der Waals surface area contributed by atoms with Crippen LogP contribution in [-0.2, 0) is 5.41 Å². The summed E-state index contributed by atoms with van der Waals surface area (Å²) in [4.78, 5) is 26.4. The Bertz CT molecular complexity index is 1460. The van der Waals surface area contributed by atoms with Crippen LogP contribution in [0.25, 0.3) is 10.8 Å². The second kappa shape index (κ2) is 10.8. The highest BCUT2D eigenvalue weighted by Gasteiger charge is 2.42. The number of amides is 1. The molecule has 1 aliphatic carbocycles. The Balaban J connectivity index is 1.41. The summed E-state index contributed by atoms with van der Waals surface area (Å²) < 4.78 is 0. The van der Waals surface area contributed by atoms with Gasteiger partial charge in [0.15, 0.2) is 0 Å². The van der Waals surface area contributed by atoms with Crippen molar-refractivity contribution < 1.29 is 4.79 Å². The van der Waals surface area contributed by atoms with E-state index in [9.17, 15) is 4.79 Å². The van der Waals surface area contributed by atoms with E-state index in [-0.39, 0.29) is 17.4 Å². The summed E-state index contributed by atoms with van der Waals surface area (Å²) in [5.74, 6) is 1.27. The SMILES string of the molecule is CC1CCCN(c2ncc(C(=O)NC(C)c3cccc4ccccc34)c(C3(c4ccccc4)CCCC3)n2)C1. The molecule has 39 heavy (non-hydrogen) atoms. The topological polar surface area (TPSA) is 58.1 Å². The minimum atomic E-state index is -0.282. The number of carbonyl (C=O) groups is 1. The number of benzene rings is 3. The van der Waals surface area contributed by atoms with Crippen molar-refractivity contribution in [1.82, 2.24) is 15.3 Å². The molecule has 2 atom stereocenters. The van der Waals surface area contributed by atoms with E-state index in [1.54, 1.807) is 6.20 Å². The first-order valence-corrected chi connectivity index (χ1v) is 14.5. The molecule has 1 N–H and O–H groups in total. The number of piperidine rings is 1. The number of carbonyl (C=O) groups excluding carboxylic acids is 1. The molecule has 2 unspecified atom stereocenters. The highest BCUT2D eigenvalue weighted by molar-refractivity contribution is 5.96. The van der Waals surface area contributed by atoms with Gasteiger partial charge in [-0.2, -0.15) is 0 Å². The van der Waals surface area contributed by atoms with E-state index in [2.05, 4.69) is 90.8 Å². The van der Waals surface area contributed by atoms with Gasteiger partial charge in [0.2, 0.25) is 5.95 Å². The number of nitrogens with zero attached hydrogens (tertiary/aromatic N) is 3. The van der Waals surface area contributed by atoms with Crippen molar-refractivity contribution in [3.63, 3.8) is 0 Å². The molecular weight excluding hydrogens is 480 g/mol. The Labute approximate surface area is 231 Å². The fourth-order valence-corrected chi connectivity index (χ4v) is 6.81. The highest BCUT2D eigenvalue weighted by atomic mass is 16.1. The summed E-state index contributed by atoms with van der Waals surface area (Å²) >= 11 is 0. The molecule has 3 aromatic carbocycles. The molecule has 2 aliphatic rings. The Morgan fingerprint density at radius 3 is 2.51 bits per heavy atom. The number of rotatable bonds is 6. The normalized spacial score (nSPS) is 19.6. The average Bonchev–Trinajstić information content (AvgIpc) is 3.48. The van der Waals surface area contributed by atoms with Crippen molar-refractivity contribution in [3.05, 3.63) is 101 Å². The van der Waals surface area contributed by atoms with Crippen molar-refractivity contribution in [2.75, 3.05) is 18.0 Å². The van der Waals surface area contributed by atoms with Crippen LogP contribution in [0.15, 0.2) is 79.0 Å². The molecule has 0 spiro atoms. The summed E-state index contributed by atoms with van der Waals surface area (Å²) in [5, 5.41) is 5.65. The van der Waals surface area contributed by atoms with E-state index in [0.29, 0.717) is 11.5 Å². The first-order valence-electron chi connectivity index (χ1n) is 14.5. The van der Waals surface area contributed by atoms with Crippen LogP contribution in [0.3, 0.4) is 0 Å². The van der Waals surface area contributed by atoms with Gasteiger partial charge in [-0.1, -0.05) is 92.6 Å². The monoisotopic (exact) mass is 518 g/mol. The number of fused-ring (bicyclic) bond motifs is 1. The molecule has 2 fully saturated rings. The molecular formula is C34H38N4O. The third kappa shape index (κ3) is 4.91. The summed E-state index contributed by atoms with van der Waals surface area (Å²) in [7, 11) is 0. The lowest BCUT2D eigenvalue weighted by atomic mass is 9.74. The van der Waals surface area contributed by atoms with Gasteiger partial charge in [-0.3, -0.25) is 4.79 Å². The maximum atomic E-state index is 14.1. The number of hydrogen-bond acceptors (Lipinski definition) is 4. The highest BCUT2D eigenvalue weighted by Crippen LogP contribution is 2.47. The van der Waals surface area contributed by atoms with Crippen molar-refractivity contribution in [2.45, 2.75) is 63.8 Å². The third-order valence-corrected chi connectivity index (χ3v) is 8.83. The number of aromatic nitrogens is 2. The second-order valence-corrected chi connectivity index (χ2v) is 11.5. The molecule has 1 aromatic heterocycles. The van der Waals surface area contributed by atoms with E-state index in [4.69, 9.17) is 9.97 Å². The average molecular weight is 519 g/mol. The summed E-state index contributed by atoms with van der Waals surface area (Å²) in [6.07, 6.45) is 8.42. The number of nitrogens with one attached hydrogen (secondary N) is 1. The second-order valence-electron chi connectivity index (χ2n) is 11.5. The maximum Gasteiger partial charge on any atom is 0.255 e.